The van der Waals surface area contributed by atoms with Crippen molar-refractivity contribution in [2.75, 3.05) is 32.2 Å². The summed E-state index contributed by atoms with van der Waals surface area (Å²) in [7, 11) is 3.54. The Morgan fingerprint density at radius 1 is 1.33 bits per heavy atom. The topological polar surface area (TPSA) is 46.6 Å². The van der Waals surface area contributed by atoms with Gasteiger partial charge in [0.25, 0.3) is 0 Å². The summed E-state index contributed by atoms with van der Waals surface area (Å²) in [4.78, 5) is 8.50. The lowest BCUT2D eigenvalue weighted by Gasteiger charge is -2.31. The zero-order chi connectivity index (χ0) is 14.7. The molecule has 1 aliphatic carbocycles. The molecule has 1 aliphatic heterocycles. The zero-order valence-corrected chi connectivity index (χ0v) is 13.7. The number of nitrogens with zero attached hydrogens (tertiary/aromatic N) is 2. The van der Waals surface area contributed by atoms with Gasteiger partial charge in [0.05, 0.1) is 18.4 Å². The molecule has 1 aromatic rings. The minimum Gasteiger partial charge on any atom is -0.380 e. The Hall–Kier alpha value is -0.690. The third-order valence-corrected chi connectivity index (χ3v) is 5.32. The van der Waals surface area contributed by atoms with Gasteiger partial charge in [0.1, 0.15) is 0 Å². The van der Waals surface area contributed by atoms with Gasteiger partial charge in [-0.15, -0.1) is 11.3 Å². The van der Waals surface area contributed by atoms with Gasteiger partial charge in [-0.25, -0.2) is 4.98 Å². The first kappa shape index (κ1) is 15.2. The first-order valence-corrected chi connectivity index (χ1v) is 8.60. The SMILES string of the molecule is COCc1nc(N2CCCC(OC)C2)sc1CNC1CC1. The molecule has 1 saturated heterocycles. The summed E-state index contributed by atoms with van der Waals surface area (Å²) in [5.74, 6) is 0. The van der Waals surface area contributed by atoms with Crippen LogP contribution < -0.4 is 10.2 Å². The van der Waals surface area contributed by atoms with Crippen molar-refractivity contribution in [1.82, 2.24) is 10.3 Å². The molecule has 0 amide bonds. The van der Waals surface area contributed by atoms with Crippen molar-refractivity contribution in [2.45, 2.75) is 51.0 Å². The van der Waals surface area contributed by atoms with Crippen LogP contribution in [-0.4, -0.2) is 44.4 Å². The minimum absolute atomic E-state index is 0.335. The van der Waals surface area contributed by atoms with E-state index in [4.69, 9.17) is 14.5 Å². The highest BCUT2D eigenvalue weighted by Crippen LogP contribution is 2.30. The Morgan fingerprint density at radius 3 is 2.90 bits per heavy atom. The van der Waals surface area contributed by atoms with Crippen molar-refractivity contribution in [3.8, 4) is 0 Å². The summed E-state index contributed by atoms with van der Waals surface area (Å²) in [5, 5.41) is 4.70. The Balaban J connectivity index is 1.69. The molecule has 0 spiro atoms. The number of aromatic nitrogens is 1. The average Bonchev–Trinajstić information content (AvgIpc) is 3.26. The standard InChI is InChI=1S/C15H25N3O2S/c1-19-10-13-14(8-16-11-5-6-11)21-15(17-13)18-7-3-4-12(9-18)20-2/h11-12,16H,3-10H2,1-2H3. The summed E-state index contributed by atoms with van der Waals surface area (Å²) < 4.78 is 10.8. The molecule has 1 N–H and O–H groups in total. The number of hydrogen-bond acceptors (Lipinski definition) is 6. The maximum absolute atomic E-state index is 5.51. The van der Waals surface area contributed by atoms with Gasteiger partial charge in [0.15, 0.2) is 5.13 Å². The third-order valence-electron chi connectivity index (χ3n) is 4.16. The molecule has 21 heavy (non-hydrogen) atoms. The molecule has 3 rings (SSSR count). The summed E-state index contributed by atoms with van der Waals surface area (Å²) in [5.41, 5.74) is 1.09. The van der Waals surface area contributed by atoms with Crippen LogP contribution in [-0.2, 0) is 22.6 Å². The molecule has 2 aliphatic rings. The van der Waals surface area contributed by atoms with Gasteiger partial charge in [-0.3, -0.25) is 0 Å². The fourth-order valence-electron chi connectivity index (χ4n) is 2.72. The van der Waals surface area contributed by atoms with E-state index in [0.717, 1.165) is 42.9 Å². The summed E-state index contributed by atoms with van der Waals surface area (Å²) in [6, 6.07) is 0.721. The monoisotopic (exact) mass is 311 g/mol. The molecule has 1 saturated carbocycles. The lowest BCUT2D eigenvalue weighted by molar-refractivity contribution is 0.0893. The fourth-order valence-corrected chi connectivity index (χ4v) is 3.77. The fraction of sp³-hybridized carbons (Fsp3) is 0.800. The molecule has 0 radical (unpaired) electrons. The van der Waals surface area contributed by atoms with Gasteiger partial charge >= 0.3 is 0 Å². The second-order valence-corrected chi connectivity index (χ2v) is 6.96. The second-order valence-electron chi connectivity index (χ2n) is 5.90. The lowest BCUT2D eigenvalue weighted by atomic mass is 10.1. The van der Waals surface area contributed by atoms with E-state index >= 15 is 0 Å². The predicted molar refractivity (Wildman–Crippen MR) is 84.9 cm³/mol. The summed E-state index contributed by atoms with van der Waals surface area (Å²) in [6.07, 6.45) is 5.29. The minimum atomic E-state index is 0.335. The van der Waals surface area contributed by atoms with Crippen LogP contribution in [0.2, 0.25) is 0 Å². The van der Waals surface area contributed by atoms with E-state index in [1.165, 1.54) is 24.1 Å². The zero-order valence-electron chi connectivity index (χ0n) is 12.9. The average molecular weight is 311 g/mol. The van der Waals surface area contributed by atoms with Crippen molar-refractivity contribution in [3.63, 3.8) is 0 Å². The molecule has 6 heteroatoms. The Labute approximate surface area is 130 Å². The van der Waals surface area contributed by atoms with Crippen LogP contribution in [0.15, 0.2) is 0 Å². The number of methoxy groups -OCH3 is 2. The molecule has 0 aromatic carbocycles. The van der Waals surface area contributed by atoms with Crippen molar-refractivity contribution in [1.29, 1.82) is 0 Å². The molecule has 2 heterocycles. The van der Waals surface area contributed by atoms with Crippen LogP contribution in [0.1, 0.15) is 36.3 Å². The molecule has 1 aromatic heterocycles. The second kappa shape index (κ2) is 7.05. The van der Waals surface area contributed by atoms with Gasteiger partial charge in [0, 0.05) is 44.8 Å². The van der Waals surface area contributed by atoms with Crippen molar-refractivity contribution in [3.05, 3.63) is 10.6 Å². The molecule has 118 valence electrons. The van der Waals surface area contributed by atoms with E-state index < -0.39 is 0 Å². The predicted octanol–water partition coefficient (Wildman–Crippen LogP) is 2.16. The summed E-state index contributed by atoms with van der Waals surface area (Å²) >= 11 is 1.81. The highest BCUT2D eigenvalue weighted by molar-refractivity contribution is 7.15. The number of ether oxygens (including phenoxy) is 2. The normalized spacial score (nSPS) is 22.8. The highest BCUT2D eigenvalue weighted by Gasteiger charge is 2.25. The van der Waals surface area contributed by atoms with E-state index in [9.17, 15) is 0 Å². The van der Waals surface area contributed by atoms with E-state index in [1.807, 2.05) is 0 Å². The quantitative estimate of drug-likeness (QED) is 0.836. The van der Waals surface area contributed by atoms with E-state index in [-0.39, 0.29) is 0 Å². The smallest absolute Gasteiger partial charge is 0.186 e. The molecule has 0 bridgehead atoms. The van der Waals surface area contributed by atoms with Gasteiger partial charge in [-0.05, 0) is 25.7 Å². The maximum atomic E-state index is 5.51. The van der Waals surface area contributed by atoms with E-state index in [0.29, 0.717) is 12.7 Å². The number of piperidine rings is 1. The number of hydrogen-bond donors (Lipinski definition) is 1. The van der Waals surface area contributed by atoms with Crippen molar-refractivity contribution < 1.29 is 9.47 Å². The number of rotatable bonds is 7. The highest BCUT2D eigenvalue weighted by atomic mass is 32.1. The van der Waals surface area contributed by atoms with E-state index in [2.05, 4.69) is 10.2 Å². The van der Waals surface area contributed by atoms with Gasteiger partial charge in [-0.1, -0.05) is 0 Å². The largest absolute Gasteiger partial charge is 0.380 e. The van der Waals surface area contributed by atoms with Crippen LogP contribution in [0, 0.1) is 0 Å². The number of thiazole rings is 1. The van der Waals surface area contributed by atoms with Gasteiger partial charge < -0.3 is 19.7 Å². The van der Waals surface area contributed by atoms with Crippen LogP contribution >= 0.6 is 11.3 Å². The first-order chi connectivity index (χ1) is 10.3. The van der Waals surface area contributed by atoms with Gasteiger partial charge in [0.2, 0.25) is 0 Å². The van der Waals surface area contributed by atoms with Crippen LogP contribution in [0.4, 0.5) is 5.13 Å². The van der Waals surface area contributed by atoms with Crippen LogP contribution in [0.5, 0.6) is 0 Å². The molecule has 1 atom stereocenters. The first-order valence-electron chi connectivity index (χ1n) is 7.78. The number of anilines is 1. The lowest BCUT2D eigenvalue weighted by Crippen LogP contribution is -2.39. The van der Waals surface area contributed by atoms with Crippen LogP contribution in [0.25, 0.3) is 0 Å². The third kappa shape index (κ3) is 3.94. The van der Waals surface area contributed by atoms with Crippen molar-refractivity contribution >= 4 is 16.5 Å². The Bertz CT molecular complexity index is 462. The van der Waals surface area contributed by atoms with E-state index in [1.54, 1.807) is 25.6 Å². The van der Waals surface area contributed by atoms with Gasteiger partial charge in [-0.2, -0.15) is 0 Å². The van der Waals surface area contributed by atoms with Crippen LogP contribution in [0.3, 0.4) is 0 Å². The summed E-state index contributed by atoms with van der Waals surface area (Å²) in [6.45, 7) is 3.55. The molecule has 5 nitrogen and oxygen atoms in total. The molecule has 1 unspecified atom stereocenters. The Morgan fingerprint density at radius 2 is 2.19 bits per heavy atom. The molecule has 2 fully saturated rings. The Kier molecular flexibility index (Phi) is 5.11. The van der Waals surface area contributed by atoms with Crippen molar-refractivity contribution in [2.24, 2.45) is 0 Å². The molecular formula is C15H25N3O2S. The number of nitrogens with one attached hydrogen (secondary N) is 1. The maximum Gasteiger partial charge on any atom is 0.186 e. The molecular weight excluding hydrogens is 286 g/mol.